The molecule has 110 valence electrons. The molecule has 0 aliphatic rings. The van der Waals surface area contributed by atoms with Crippen molar-refractivity contribution in [3.63, 3.8) is 0 Å². The third-order valence-electron chi connectivity index (χ3n) is 2.77. The molecule has 0 fully saturated rings. The molecular weight excluding hydrogens is 262 g/mol. The van der Waals surface area contributed by atoms with Crippen LogP contribution in [0.1, 0.15) is 19.8 Å². The van der Waals surface area contributed by atoms with E-state index in [0.29, 0.717) is 12.2 Å². The van der Waals surface area contributed by atoms with Gasteiger partial charge in [0.25, 0.3) is 5.69 Å². The van der Waals surface area contributed by atoms with Gasteiger partial charge in [0.05, 0.1) is 11.5 Å². The topological polar surface area (TPSA) is 95.7 Å². The summed E-state index contributed by atoms with van der Waals surface area (Å²) in [6.45, 7) is 2.75. The Kier molecular flexibility index (Phi) is 6.45. The van der Waals surface area contributed by atoms with Crippen LogP contribution in [0.2, 0.25) is 0 Å². The van der Waals surface area contributed by atoms with Gasteiger partial charge >= 0.3 is 6.03 Å². The summed E-state index contributed by atoms with van der Waals surface area (Å²) in [5.74, 6) is 0. The van der Waals surface area contributed by atoms with Gasteiger partial charge in [-0.15, -0.1) is 0 Å². The summed E-state index contributed by atoms with van der Waals surface area (Å²) in [4.78, 5) is 23.5. The SMILES string of the molecule is CCCCN(CCO)C(=O)Nc1ccc([N+](=O)[O-])cc1. The maximum absolute atomic E-state index is 12.0. The van der Waals surface area contributed by atoms with Crippen molar-refractivity contribution in [1.29, 1.82) is 0 Å². The largest absolute Gasteiger partial charge is 0.395 e. The van der Waals surface area contributed by atoms with E-state index in [4.69, 9.17) is 5.11 Å². The second-order valence-electron chi connectivity index (χ2n) is 4.30. The van der Waals surface area contributed by atoms with Gasteiger partial charge in [0.2, 0.25) is 0 Å². The fourth-order valence-electron chi connectivity index (χ4n) is 1.65. The number of nitro groups is 1. The lowest BCUT2D eigenvalue weighted by Crippen LogP contribution is -2.37. The third-order valence-corrected chi connectivity index (χ3v) is 2.77. The van der Waals surface area contributed by atoms with Crippen molar-refractivity contribution in [2.45, 2.75) is 19.8 Å². The van der Waals surface area contributed by atoms with E-state index in [9.17, 15) is 14.9 Å². The van der Waals surface area contributed by atoms with Crippen LogP contribution < -0.4 is 5.32 Å². The summed E-state index contributed by atoms with van der Waals surface area (Å²) >= 11 is 0. The second-order valence-corrected chi connectivity index (χ2v) is 4.30. The van der Waals surface area contributed by atoms with Crippen molar-refractivity contribution < 1.29 is 14.8 Å². The van der Waals surface area contributed by atoms with Crippen molar-refractivity contribution in [3.8, 4) is 0 Å². The molecule has 0 saturated heterocycles. The van der Waals surface area contributed by atoms with Crippen molar-refractivity contribution in [2.75, 3.05) is 25.0 Å². The summed E-state index contributed by atoms with van der Waals surface area (Å²) in [6.07, 6.45) is 1.81. The normalized spacial score (nSPS) is 10.1. The van der Waals surface area contributed by atoms with Crippen LogP contribution in [-0.2, 0) is 0 Å². The number of aliphatic hydroxyl groups is 1. The number of nitrogens with zero attached hydrogens (tertiary/aromatic N) is 2. The lowest BCUT2D eigenvalue weighted by Gasteiger charge is -2.21. The molecule has 0 spiro atoms. The van der Waals surface area contributed by atoms with Gasteiger partial charge in [0.15, 0.2) is 0 Å². The fraction of sp³-hybridized carbons (Fsp3) is 0.462. The van der Waals surface area contributed by atoms with Gasteiger partial charge in [-0.05, 0) is 18.6 Å². The Bertz CT molecular complexity index is 447. The lowest BCUT2D eigenvalue weighted by molar-refractivity contribution is -0.384. The molecule has 0 saturated carbocycles. The standard InChI is InChI=1S/C13H19N3O4/c1-2-3-8-15(9-10-17)13(18)14-11-4-6-12(7-5-11)16(19)20/h4-7,17H,2-3,8-10H2,1H3,(H,14,18). The minimum Gasteiger partial charge on any atom is -0.395 e. The first kappa shape index (κ1) is 15.9. The van der Waals surface area contributed by atoms with Crippen LogP contribution in [0.3, 0.4) is 0 Å². The number of unbranched alkanes of at least 4 members (excludes halogenated alkanes) is 1. The highest BCUT2D eigenvalue weighted by Crippen LogP contribution is 2.15. The molecule has 2 amide bonds. The van der Waals surface area contributed by atoms with Gasteiger partial charge in [-0.25, -0.2) is 4.79 Å². The molecule has 0 heterocycles. The van der Waals surface area contributed by atoms with Crippen LogP contribution in [0.15, 0.2) is 24.3 Å². The molecule has 0 aliphatic heterocycles. The average Bonchev–Trinajstić information content (AvgIpc) is 2.43. The fourth-order valence-corrected chi connectivity index (χ4v) is 1.65. The predicted molar refractivity (Wildman–Crippen MR) is 75.7 cm³/mol. The highest BCUT2D eigenvalue weighted by molar-refractivity contribution is 5.89. The van der Waals surface area contributed by atoms with Gasteiger partial charge < -0.3 is 15.3 Å². The Hall–Kier alpha value is -2.15. The maximum Gasteiger partial charge on any atom is 0.321 e. The highest BCUT2D eigenvalue weighted by atomic mass is 16.6. The summed E-state index contributed by atoms with van der Waals surface area (Å²) in [5, 5.41) is 22.1. The molecule has 7 nitrogen and oxygen atoms in total. The number of anilines is 1. The molecule has 20 heavy (non-hydrogen) atoms. The van der Waals surface area contributed by atoms with E-state index in [1.807, 2.05) is 6.92 Å². The number of nitro benzene ring substituents is 1. The van der Waals surface area contributed by atoms with E-state index < -0.39 is 4.92 Å². The van der Waals surface area contributed by atoms with Gasteiger partial charge in [-0.2, -0.15) is 0 Å². The number of hydrogen-bond acceptors (Lipinski definition) is 4. The molecular formula is C13H19N3O4. The molecule has 1 aromatic rings. The van der Waals surface area contributed by atoms with E-state index >= 15 is 0 Å². The highest BCUT2D eigenvalue weighted by Gasteiger charge is 2.13. The minimum atomic E-state index is -0.495. The Labute approximate surface area is 117 Å². The van der Waals surface area contributed by atoms with E-state index in [1.54, 1.807) is 0 Å². The number of hydrogen-bond donors (Lipinski definition) is 2. The number of benzene rings is 1. The van der Waals surface area contributed by atoms with Crippen LogP contribution in [0.25, 0.3) is 0 Å². The molecule has 1 aromatic carbocycles. The third kappa shape index (κ3) is 4.85. The van der Waals surface area contributed by atoms with Gasteiger partial charge in [0.1, 0.15) is 0 Å². The number of carbonyl (C=O) groups is 1. The van der Waals surface area contributed by atoms with Crippen LogP contribution >= 0.6 is 0 Å². The summed E-state index contributed by atoms with van der Waals surface area (Å²) in [7, 11) is 0. The molecule has 0 unspecified atom stereocenters. The monoisotopic (exact) mass is 281 g/mol. The second kappa shape index (κ2) is 8.11. The lowest BCUT2D eigenvalue weighted by atomic mass is 10.3. The van der Waals surface area contributed by atoms with Gasteiger partial charge in [-0.3, -0.25) is 10.1 Å². The number of amides is 2. The maximum atomic E-state index is 12.0. The molecule has 0 radical (unpaired) electrons. The van der Waals surface area contributed by atoms with Crippen molar-refractivity contribution in [3.05, 3.63) is 34.4 Å². The summed E-state index contributed by atoms with van der Waals surface area (Å²) in [6, 6.07) is 5.30. The zero-order chi connectivity index (χ0) is 15.0. The van der Waals surface area contributed by atoms with E-state index in [0.717, 1.165) is 12.8 Å². The number of carbonyl (C=O) groups excluding carboxylic acids is 1. The average molecular weight is 281 g/mol. The number of urea groups is 1. The first-order valence-electron chi connectivity index (χ1n) is 6.49. The Morgan fingerprint density at radius 2 is 2.00 bits per heavy atom. The van der Waals surface area contributed by atoms with Crippen molar-refractivity contribution in [2.24, 2.45) is 0 Å². The van der Waals surface area contributed by atoms with Crippen molar-refractivity contribution in [1.82, 2.24) is 4.90 Å². The molecule has 0 aromatic heterocycles. The van der Waals surface area contributed by atoms with Gasteiger partial charge in [0, 0.05) is 30.9 Å². The summed E-state index contributed by atoms with van der Waals surface area (Å²) < 4.78 is 0. The summed E-state index contributed by atoms with van der Waals surface area (Å²) in [5.41, 5.74) is 0.459. The molecule has 1 rings (SSSR count). The first-order chi connectivity index (χ1) is 9.58. The number of nitrogens with one attached hydrogen (secondary N) is 1. The van der Waals surface area contributed by atoms with Crippen LogP contribution in [-0.4, -0.2) is 40.7 Å². The van der Waals surface area contributed by atoms with Crippen LogP contribution in [0.5, 0.6) is 0 Å². The quantitative estimate of drug-likeness (QED) is 0.591. The molecule has 0 bridgehead atoms. The van der Waals surface area contributed by atoms with Gasteiger partial charge in [-0.1, -0.05) is 13.3 Å². The Morgan fingerprint density at radius 1 is 1.35 bits per heavy atom. The Morgan fingerprint density at radius 3 is 2.50 bits per heavy atom. The van der Waals surface area contributed by atoms with Crippen molar-refractivity contribution >= 4 is 17.4 Å². The zero-order valence-electron chi connectivity index (χ0n) is 11.4. The van der Waals surface area contributed by atoms with Crippen LogP contribution in [0, 0.1) is 10.1 Å². The zero-order valence-corrected chi connectivity index (χ0v) is 11.4. The predicted octanol–water partition coefficient (Wildman–Crippen LogP) is 2.22. The van der Waals surface area contributed by atoms with Crippen LogP contribution in [0.4, 0.5) is 16.2 Å². The number of non-ortho nitro benzene ring substituents is 1. The molecule has 2 N–H and O–H groups in total. The number of aliphatic hydroxyl groups excluding tert-OH is 1. The first-order valence-corrected chi connectivity index (χ1v) is 6.49. The smallest absolute Gasteiger partial charge is 0.321 e. The Balaban J connectivity index is 2.64. The number of rotatable bonds is 7. The molecule has 0 aliphatic carbocycles. The minimum absolute atomic E-state index is 0.0267. The molecule has 7 heteroatoms. The van der Waals surface area contributed by atoms with E-state index in [1.165, 1.54) is 29.2 Å². The van der Waals surface area contributed by atoms with E-state index in [-0.39, 0.29) is 24.9 Å². The van der Waals surface area contributed by atoms with E-state index in [2.05, 4.69) is 5.32 Å². The molecule has 0 atom stereocenters.